The number of hydrogen-bond acceptors (Lipinski definition) is 4. The van der Waals surface area contributed by atoms with Crippen LogP contribution in [0.2, 0.25) is 0 Å². The lowest BCUT2D eigenvalue weighted by molar-refractivity contribution is -0.135. The molecular formula is C21H30N2O3. The number of rotatable bonds is 4. The Labute approximate surface area is 156 Å². The predicted octanol–water partition coefficient (Wildman–Crippen LogP) is 2.87. The maximum absolute atomic E-state index is 12.6. The highest BCUT2D eigenvalue weighted by Crippen LogP contribution is 2.41. The first-order valence-corrected chi connectivity index (χ1v) is 9.97. The fourth-order valence-electron chi connectivity index (χ4n) is 4.54. The summed E-state index contributed by atoms with van der Waals surface area (Å²) in [5.41, 5.74) is 0.952. The molecule has 0 aromatic heterocycles. The molecule has 142 valence electrons. The van der Waals surface area contributed by atoms with Crippen LogP contribution >= 0.6 is 0 Å². The molecule has 0 atom stereocenters. The zero-order chi connectivity index (χ0) is 18.1. The minimum absolute atomic E-state index is 0.0749. The third-order valence-corrected chi connectivity index (χ3v) is 5.91. The van der Waals surface area contributed by atoms with Gasteiger partial charge >= 0.3 is 0 Å². The van der Waals surface area contributed by atoms with Gasteiger partial charge in [0, 0.05) is 44.2 Å². The van der Waals surface area contributed by atoms with Crippen molar-refractivity contribution in [1.82, 2.24) is 9.80 Å². The van der Waals surface area contributed by atoms with E-state index in [2.05, 4.69) is 24.8 Å². The van der Waals surface area contributed by atoms with Gasteiger partial charge in [-0.05, 0) is 32.8 Å². The summed E-state index contributed by atoms with van der Waals surface area (Å²) >= 11 is 0. The number of carbonyl (C=O) groups is 1. The van der Waals surface area contributed by atoms with Crippen LogP contribution in [0.4, 0.5) is 0 Å². The van der Waals surface area contributed by atoms with E-state index in [1.54, 1.807) is 0 Å². The van der Waals surface area contributed by atoms with Crippen molar-refractivity contribution in [3.8, 4) is 11.5 Å². The van der Waals surface area contributed by atoms with Crippen LogP contribution in [0.1, 0.15) is 45.1 Å². The summed E-state index contributed by atoms with van der Waals surface area (Å²) in [7, 11) is 0. The maximum Gasteiger partial charge on any atom is 0.260 e. The Morgan fingerprint density at radius 1 is 1.19 bits per heavy atom. The monoisotopic (exact) mass is 358 g/mol. The molecule has 5 heteroatoms. The number of hydrogen-bond donors (Lipinski definition) is 0. The van der Waals surface area contributed by atoms with Crippen LogP contribution in [0.5, 0.6) is 11.5 Å². The van der Waals surface area contributed by atoms with Crippen LogP contribution in [0.3, 0.4) is 0 Å². The Balaban J connectivity index is 1.30. The number of amides is 1. The van der Waals surface area contributed by atoms with Crippen molar-refractivity contribution in [2.75, 3.05) is 32.8 Å². The van der Waals surface area contributed by atoms with Crippen molar-refractivity contribution >= 4 is 5.91 Å². The van der Waals surface area contributed by atoms with Gasteiger partial charge in [-0.25, -0.2) is 0 Å². The van der Waals surface area contributed by atoms with Crippen LogP contribution in [0, 0.1) is 0 Å². The van der Waals surface area contributed by atoms with E-state index < -0.39 is 0 Å². The lowest BCUT2D eigenvalue weighted by Crippen LogP contribution is -2.52. The van der Waals surface area contributed by atoms with Gasteiger partial charge in [0.25, 0.3) is 5.91 Å². The van der Waals surface area contributed by atoms with Gasteiger partial charge in [0.2, 0.25) is 0 Å². The summed E-state index contributed by atoms with van der Waals surface area (Å²) < 4.78 is 11.9. The average Bonchev–Trinajstić information content (AvgIpc) is 3.26. The SMILES string of the molecule is CC1(C)Cc2cccc(OCC(=O)N3CCN(C4CCCC4)CC3)c2O1. The molecule has 4 rings (SSSR count). The largest absolute Gasteiger partial charge is 0.483 e. The van der Waals surface area contributed by atoms with Crippen LogP contribution in [0.25, 0.3) is 0 Å². The molecular weight excluding hydrogens is 328 g/mol. The van der Waals surface area contributed by atoms with Crippen molar-refractivity contribution in [3.05, 3.63) is 23.8 Å². The number of nitrogens with zero attached hydrogens (tertiary/aromatic N) is 2. The summed E-state index contributed by atoms with van der Waals surface area (Å²) in [6.07, 6.45) is 6.24. The lowest BCUT2D eigenvalue weighted by Gasteiger charge is -2.38. The predicted molar refractivity (Wildman–Crippen MR) is 101 cm³/mol. The summed E-state index contributed by atoms with van der Waals surface area (Å²) in [5.74, 6) is 1.56. The number of ether oxygens (including phenoxy) is 2. The quantitative estimate of drug-likeness (QED) is 0.830. The second-order valence-electron chi connectivity index (χ2n) is 8.43. The highest BCUT2D eigenvalue weighted by Gasteiger charge is 2.33. The van der Waals surface area contributed by atoms with Crippen molar-refractivity contribution in [3.63, 3.8) is 0 Å². The topological polar surface area (TPSA) is 42.0 Å². The molecule has 2 fully saturated rings. The van der Waals surface area contributed by atoms with E-state index in [0.717, 1.165) is 50.0 Å². The van der Waals surface area contributed by atoms with Crippen LogP contribution in [-0.4, -0.2) is 60.1 Å². The molecule has 1 aliphatic carbocycles. The molecule has 0 N–H and O–H groups in total. The summed E-state index contributed by atoms with van der Waals surface area (Å²) in [6.45, 7) is 7.86. The molecule has 0 radical (unpaired) electrons. The first kappa shape index (κ1) is 17.7. The van der Waals surface area contributed by atoms with Gasteiger partial charge in [-0.1, -0.05) is 25.0 Å². The van der Waals surface area contributed by atoms with E-state index >= 15 is 0 Å². The fraction of sp³-hybridized carbons (Fsp3) is 0.667. The van der Waals surface area contributed by atoms with Crippen molar-refractivity contribution in [1.29, 1.82) is 0 Å². The van der Waals surface area contributed by atoms with E-state index in [0.29, 0.717) is 5.75 Å². The molecule has 1 aromatic rings. The minimum Gasteiger partial charge on any atom is -0.483 e. The smallest absolute Gasteiger partial charge is 0.260 e. The first-order valence-electron chi connectivity index (χ1n) is 9.97. The van der Waals surface area contributed by atoms with Gasteiger partial charge in [-0.2, -0.15) is 0 Å². The van der Waals surface area contributed by atoms with Crippen molar-refractivity contribution in [2.24, 2.45) is 0 Å². The molecule has 1 aromatic carbocycles. The Hall–Kier alpha value is -1.75. The van der Waals surface area contributed by atoms with E-state index in [9.17, 15) is 4.79 Å². The summed E-state index contributed by atoms with van der Waals surface area (Å²) in [4.78, 5) is 17.1. The molecule has 26 heavy (non-hydrogen) atoms. The van der Waals surface area contributed by atoms with E-state index in [1.807, 2.05) is 17.0 Å². The Bertz CT molecular complexity index is 659. The summed E-state index contributed by atoms with van der Waals surface area (Å²) in [6, 6.07) is 6.69. The van der Waals surface area contributed by atoms with Gasteiger partial charge in [0.15, 0.2) is 18.1 Å². The second-order valence-corrected chi connectivity index (χ2v) is 8.43. The number of benzene rings is 1. The minimum atomic E-state index is -0.206. The van der Waals surface area contributed by atoms with Crippen LogP contribution in [-0.2, 0) is 11.2 Å². The zero-order valence-corrected chi connectivity index (χ0v) is 16.0. The highest BCUT2D eigenvalue weighted by molar-refractivity contribution is 5.78. The molecule has 1 saturated heterocycles. The Kier molecular flexibility index (Phi) is 4.82. The molecule has 1 saturated carbocycles. The molecule has 2 aliphatic heterocycles. The number of carbonyl (C=O) groups excluding carboxylic acids is 1. The van der Waals surface area contributed by atoms with E-state index in [-0.39, 0.29) is 18.1 Å². The standard InChI is InChI=1S/C21H30N2O3/c1-21(2)14-16-6-5-9-18(20(16)26-21)25-15-19(24)23-12-10-22(11-13-23)17-7-3-4-8-17/h5-6,9,17H,3-4,7-8,10-15H2,1-2H3. The molecule has 1 amide bonds. The average molecular weight is 358 g/mol. The van der Waals surface area contributed by atoms with Crippen molar-refractivity contribution < 1.29 is 14.3 Å². The Morgan fingerprint density at radius 2 is 1.92 bits per heavy atom. The summed E-state index contributed by atoms with van der Waals surface area (Å²) in [5, 5.41) is 0. The fourth-order valence-corrected chi connectivity index (χ4v) is 4.54. The normalized spacial score (nSPS) is 22.9. The number of para-hydroxylation sites is 1. The van der Waals surface area contributed by atoms with Crippen molar-refractivity contribution in [2.45, 2.75) is 57.6 Å². The molecule has 2 heterocycles. The number of fused-ring (bicyclic) bond motifs is 1. The third kappa shape index (κ3) is 3.68. The van der Waals surface area contributed by atoms with Gasteiger partial charge in [0.05, 0.1) is 0 Å². The van der Waals surface area contributed by atoms with E-state index in [4.69, 9.17) is 9.47 Å². The number of piperazine rings is 1. The van der Waals surface area contributed by atoms with Crippen LogP contribution < -0.4 is 9.47 Å². The van der Waals surface area contributed by atoms with Gasteiger partial charge in [0.1, 0.15) is 5.60 Å². The Morgan fingerprint density at radius 3 is 2.65 bits per heavy atom. The zero-order valence-electron chi connectivity index (χ0n) is 16.0. The molecule has 0 unspecified atom stereocenters. The molecule has 5 nitrogen and oxygen atoms in total. The molecule has 0 spiro atoms. The third-order valence-electron chi connectivity index (χ3n) is 5.91. The van der Waals surface area contributed by atoms with Crippen LogP contribution in [0.15, 0.2) is 18.2 Å². The second kappa shape index (κ2) is 7.10. The highest BCUT2D eigenvalue weighted by atomic mass is 16.5. The van der Waals surface area contributed by atoms with Gasteiger partial charge < -0.3 is 14.4 Å². The molecule has 0 bridgehead atoms. The van der Waals surface area contributed by atoms with Gasteiger partial charge in [-0.15, -0.1) is 0 Å². The van der Waals surface area contributed by atoms with Gasteiger partial charge in [-0.3, -0.25) is 9.69 Å². The molecule has 3 aliphatic rings. The van der Waals surface area contributed by atoms with E-state index in [1.165, 1.54) is 25.7 Å². The lowest BCUT2D eigenvalue weighted by atomic mass is 10.0. The first-order chi connectivity index (χ1) is 12.5. The maximum atomic E-state index is 12.6.